The van der Waals surface area contributed by atoms with Crippen molar-refractivity contribution in [2.75, 3.05) is 11.9 Å². The van der Waals surface area contributed by atoms with Crippen LogP contribution in [0.2, 0.25) is 0 Å². The first-order chi connectivity index (χ1) is 16.1. The highest BCUT2D eigenvalue weighted by atomic mass is 79.9. The molecule has 0 saturated heterocycles. The number of alkyl halides is 1. The maximum Gasteiger partial charge on any atom is 0.333 e. The predicted molar refractivity (Wildman–Crippen MR) is 121 cm³/mol. The number of furan rings is 1. The second kappa shape index (κ2) is 9.92. The molecule has 4 atom stereocenters. The second-order valence-electron chi connectivity index (χ2n) is 7.85. The molecule has 3 aromatic rings. The number of aliphatic hydroxyl groups excluding tert-OH is 1. The smallest absolute Gasteiger partial charge is 0.333 e. The van der Waals surface area contributed by atoms with E-state index in [2.05, 4.69) is 35.4 Å². The van der Waals surface area contributed by atoms with Crippen LogP contribution in [0.15, 0.2) is 52.2 Å². The Labute approximate surface area is 202 Å². The Morgan fingerprint density at radius 1 is 1.41 bits per heavy atom. The summed E-state index contributed by atoms with van der Waals surface area (Å²) in [5.74, 6) is -0.412. The molecule has 0 aliphatic heterocycles. The number of carbonyl (C=O) groups excluding carboxylic acids is 1. The summed E-state index contributed by atoms with van der Waals surface area (Å²) < 4.78 is 49.1. The minimum absolute atomic E-state index is 0.0323. The summed E-state index contributed by atoms with van der Waals surface area (Å²) in [7, 11) is -4.22. The van der Waals surface area contributed by atoms with Crippen molar-refractivity contribution in [3.8, 4) is 0 Å². The average molecular weight is 558 g/mol. The monoisotopic (exact) mass is 557 g/mol. The average Bonchev–Trinajstić information content (AvgIpc) is 3.48. The number of aromatic nitrogens is 3. The van der Waals surface area contributed by atoms with Gasteiger partial charge >= 0.3 is 10.3 Å². The molecule has 4 N–H and O–H groups in total. The van der Waals surface area contributed by atoms with Crippen molar-refractivity contribution in [3.63, 3.8) is 0 Å². The van der Waals surface area contributed by atoms with Crippen molar-refractivity contribution in [1.29, 1.82) is 0 Å². The Morgan fingerprint density at radius 3 is 2.91 bits per heavy atom. The standard InChI is InChI=1S/C20H21BrFN5O6S/c21-16-2-1-13(33-16)8-27-4-3-11(7-27)18(28)14-6-24-10-25-20(14)26-15-5-12(19(29)17(15)22)9-32-34(23,30)31/h1-4,6-7,10,12,15,17,19,29H,5,8-9H2,(H2,23,30,31)(H,24,25,26). The van der Waals surface area contributed by atoms with E-state index in [1.165, 1.54) is 12.5 Å². The third kappa shape index (κ3) is 5.70. The minimum atomic E-state index is -4.22. The number of nitrogens with two attached hydrogens (primary N) is 1. The molecule has 4 rings (SSSR count). The van der Waals surface area contributed by atoms with Crippen molar-refractivity contribution < 1.29 is 31.3 Å². The maximum atomic E-state index is 14.7. The number of hydrogen-bond donors (Lipinski definition) is 3. The number of aliphatic hydroxyl groups is 1. The van der Waals surface area contributed by atoms with Gasteiger partial charge in [0, 0.05) is 30.1 Å². The summed E-state index contributed by atoms with van der Waals surface area (Å²) in [6.45, 7) is -0.0470. The van der Waals surface area contributed by atoms with Crippen LogP contribution in [0.3, 0.4) is 0 Å². The van der Waals surface area contributed by atoms with Gasteiger partial charge in [0.25, 0.3) is 0 Å². The van der Waals surface area contributed by atoms with Gasteiger partial charge in [-0.15, -0.1) is 0 Å². The Morgan fingerprint density at radius 2 is 2.21 bits per heavy atom. The van der Waals surface area contributed by atoms with Crippen molar-refractivity contribution >= 4 is 37.8 Å². The molecule has 0 bridgehead atoms. The number of halogens is 2. The van der Waals surface area contributed by atoms with Crippen LogP contribution in [0.4, 0.5) is 10.2 Å². The van der Waals surface area contributed by atoms with Gasteiger partial charge in [-0.05, 0) is 40.5 Å². The van der Waals surface area contributed by atoms with Crippen LogP contribution in [0, 0.1) is 5.92 Å². The quantitative estimate of drug-likeness (QED) is 0.332. The molecule has 182 valence electrons. The van der Waals surface area contributed by atoms with Crippen LogP contribution in [0.5, 0.6) is 0 Å². The fraction of sp³-hybridized carbons (Fsp3) is 0.350. The molecule has 14 heteroatoms. The van der Waals surface area contributed by atoms with Crippen molar-refractivity contribution in [2.45, 2.75) is 31.3 Å². The minimum Gasteiger partial charge on any atom is -0.452 e. The van der Waals surface area contributed by atoms with Gasteiger partial charge < -0.3 is 19.4 Å². The molecule has 0 aromatic carbocycles. The van der Waals surface area contributed by atoms with Crippen LogP contribution in [0.1, 0.15) is 28.1 Å². The van der Waals surface area contributed by atoms with E-state index in [4.69, 9.17) is 9.56 Å². The fourth-order valence-electron chi connectivity index (χ4n) is 3.81. The number of rotatable bonds is 9. The Balaban J connectivity index is 1.47. The van der Waals surface area contributed by atoms with Gasteiger partial charge in [-0.2, -0.15) is 8.42 Å². The van der Waals surface area contributed by atoms with E-state index >= 15 is 0 Å². The van der Waals surface area contributed by atoms with Gasteiger partial charge in [0.05, 0.1) is 30.9 Å². The highest BCUT2D eigenvalue weighted by Crippen LogP contribution is 2.32. The number of ketones is 1. The number of nitrogens with one attached hydrogen (secondary N) is 1. The Kier molecular flexibility index (Phi) is 7.14. The van der Waals surface area contributed by atoms with Gasteiger partial charge in [0.2, 0.25) is 0 Å². The molecule has 3 heterocycles. The molecule has 1 fully saturated rings. The molecule has 3 aromatic heterocycles. The lowest BCUT2D eigenvalue weighted by atomic mass is 10.1. The molecule has 1 aliphatic carbocycles. The SMILES string of the molecule is NS(=O)(=O)OCC1CC(Nc2ncncc2C(=O)c2ccn(Cc3ccc(Br)o3)c2)C(F)C1O. The van der Waals surface area contributed by atoms with E-state index in [1.807, 2.05) is 6.07 Å². The van der Waals surface area contributed by atoms with Gasteiger partial charge in [0.1, 0.15) is 24.1 Å². The molecule has 1 aliphatic rings. The normalized spacial score (nSPS) is 22.7. The number of carbonyl (C=O) groups is 1. The molecule has 0 amide bonds. The maximum absolute atomic E-state index is 14.7. The topological polar surface area (TPSA) is 163 Å². The molecular weight excluding hydrogens is 537 g/mol. The van der Waals surface area contributed by atoms with Crippen LogP contribution in [0.25, 0.3) is 0 Å². The van der Waals surface area contributed by atoms with E-state index in [-0.39, 0.29) is 23.6 Å². The van der Waals surface area contributed by atoms with Gasteiger partial charge in [-0.25, -0.2) is 19.5 Å². The molecule has 34 heavy (non-hydrogen) atoms. The van der Waals surface area contributed by atoms with Crippen LogP contribution < -0.4 is 10.5 Å². The van der Waals surface area contributed by atoms with Gasteiger partial charge in [-0.3, -0.25) is 8.98 Å². The third-order valence-corrected chi connectivity index (χ3v) is 6.35. The van der Waals surface area contributed by atoms with E-state index in [9.17, 15) is 22.7 Å². The highest BCUT2D eigenvalue weighted by Gasteiger charge is 2.44. The van der Waals surface area contributed by atoms with Gasteiger partial charge in [0.15, 0.2) is 10.5 Å². The van der Waals surface area contributed by atoms with E-state index in [0.29, 0.717) is 22.5 Å². The first-order valence-corrected chi connectivity index (χ1v) is 12.4. The summed E-state index contributed by atoms with van der Waals surface area (Å²) in [6, 6.07) is 4.28. The summed E-state index contributed by atoms with van der Waals surface area (Å²) in [6.07, 6.45) is 2.70. The Bertz CT molecular complexity index is 1280. The molecule has 11 nitrogen and oxygen atoms in total. The first kappa shape index (κ1) is 24.5. The van der Waals surface area contributed by atoms with Crippen LogP contribution >= 0.6 is 15.9 Å². The lowest BCUT2D eigenvalue weighted by Gasteiger charge is -2.18. The van der Waals surface area contributed by atoms with E-state index in [1.54, 1.807) is 29.1 Å². The third-order valence-electron chi connectivity index (χ3n) is 5.46. The lowest BCUT2D eigenvalue weighted by Crippen LogP contribution is -2.33. The van der Waals surface area contributed by atoms with Crippen molar-refractivity contribution in [2.24, 2.45) is 11.1 Å². The molecule has 1 saturated carbocycles. The number of hydrogen-bond acceptors (Lipinski definition) is 9. The van der Waals surface area contributed by atoms with E-state index < -0.39 is 41.1 Å². The second-order valence-corrected chi connectivity index (χ2v) is 9.85. The first-order valence-electron chi connectivity index (χ1n) is 10.1. The molecule has 0 spiro atoms. The molecule has 0 radical (unpaired) electrons. The van der Waals surface area contributed by atoms with Crippen LogP contribution in [-0.2, 0) is 21.0 Å². The zero-order valence-corrected chi connectivity index (χ0v) is 19.9. The zero-order chi connectivity index (χ0) is 24.5. The van der Waals surface area contributed by atoms with Crippen LogP contribution in [-0.4, -0.2) is 58.8 Å². The summed E-state index contributed by atoms with van der Waals surface area (Å²) in [4.78, 5) is 21.1. The predicted octanol–water partition coefficient (Wildman–Crippen LogP) is 1.63. The number of nitrogens with zero attached hydrogens (tertiary/aromatic N) is 3. The zero-order valence-electron chi connectivity index (χ0n) is 17.5. The van der Waals surface area contributed by atoms with Crippen molar-refractivity contribution in [1.82, 2.24) is 14.5 Å². The molecule has 4 unspecified atom stereocenters. The number of anilines is 1. The van der Waals surface area contributed by atoms with Crippen molar-refractivity contribution in [3.05, 3.63) is 64.7 Å². The molecular formula is C20H21BrFN5O6S. The summed E-state index contributed by atoms with van der Waals surface area (Å²) in [5, 5.41) is 17.8. The highest BCUT2D eigenvalue weighted by molar-refractivity contribution is 9.10. The summed E-state index contributed by atoms with van der Waals surface area (Å²) in [5.41, 5.74) is 0.484. The largest absolute Gasteiger partial charge is 0.452 e. The fourth-order valence-corrected chi connectivity index (χ4v) is 4.52. The summed E-state index contributed by atoms with van der Waals surface area (Å²) >= 11 is 3.24. The Hall–Kier alpha value is -2.65. The lowest BCUT2D eigenvalue weighted by molar-refractivity contribution is 0.0501. The van der Waals surface area contributed by atoms with Gasteiger partial charge in [-0.1, -0.05) is 0 Å². The van der Waals surface area contributed by atoms with E-state index in [0.717, 1.165) is 0 Å².